The highest BCUT2D eigenvalue weighted by Crippen LogP contribution is 2.30. The maximum absolute atomic E-state index is 5.46. The van der Waals surface area contributed by atoms with E-state index in [0.717, 1.165) is 12.2 Å². The summed E-state index contributed by atoms with van der Waals surface area (Å²) >= 11 is 7.06. The molecule has 0 saturated carbocycles. The summed E-state index contributed by atoms with van der Waals surface area (Å²) < 4.78 is 5.46. The van der Waals surface area contributed by atoms with Crippen LogP contribution in [0.25, 0.3) is 0 Å². The summed E-state index contributed by atoms with van der Waals surface area (Å²) in [7, 11) is 0. The van der Waals surface area contributed by atoms with Gasteiger partial charge in [0.25, 0.3) is 0 Å². The van der Waals surface area contributed by atoms with Crippen LogP contribution in [0.2, 0.25) is 0 Å². The molecule has 13 heavy (non-hydrogen) atoms. The second-order valence-corrected chi connectivity index (χ2v) is 4.62. The van der Waals surface area contributed by atoms with Gasteiger partial charge in [-0.3, -0.25) is 0 Å². The first-order chi connectivity index (χ1) is 6.36. The highest BCUT2D eigenvalue weighted by Gasteiger charge is 2.23. The molecule has 1 heterocycles. The van der Waals surface area contributed by atoms with Gasteiger partial charge in [0, 0.05) is 16.6 Å². The van der Waals surface area contributed by atoms with Crippen molar-refractivity contribution in [3.05, 3.63) is 35.9 Å². The van der Waals surface area contributed by atoms with Crippen molar-refractivity contribution >= 4 is 29.0 Å². The fourth-order valence-electron chi connectivity index (χ4n) is 0.990. The maximum Gasteiger partial charge on any atom is 0.191 e. The smallest absolute Gasteiger partial charge is 0.191 e. The first-order valence-corrected chi connectivity index (χ1v) is 5.66. The number of hydrogen-bond donors (Lipinski definition) is 0. The summed E-state index contributed by atoms with van der Waals surface area (Å²) in [5.74, 6) is 1.22. The molecule has 0 radical (unpaired) electrons. The van der Waals surface area contributed by atoms with E-state index >= 15 is 0 Å². The van der Waals surface area contributed by atoms with Gasteiger partial charge >= 0.3 is 0 Å². The van der Waals surface area contributed by atoms with E-state index in [1.54, 1.807) is 0 Å². The number of ether oxygens (including phenoxy) is 1. The molecule has 0 amide bonds. The van der Waals surface area contributed by atoms with Crippen LogP contribution in [0.3, 0.4) is 0 Å². The molecule has 0 unspecified atom stereocenters. The normalized spacial score (nSPS) is 19.5. The van der Waals surface area contributed by atoms with Crippen molar-refractivity contribution in [3.8, 4) is 0 Å². The Labute approximate surface area is 87.5 Å². The van der Waals surface area contributed by atoms with Gasteiger partial charge in [-0.15, -0.1) is 0 Å². The van der Waals surface area contributed by atoms with Gasteiger partial charge in [0.2, 0.25) is 0 Å². The maximum atomic E-state index is 5.46. The Hall–Kier alpha value is -0.540. The van der Waals surface area contributed by atoms with Gasteiger partial charge in [0.1, 0.15) is 6.61 Å². The van der Waals surface area contributed by atoms with E-state index in [-0.39, 0.29) is 0 Å². The number of benzene rings is 1. The second kappa shape index (κ2) is 4.11. The molecule has 0 aliphatic carbocycles. The molecule has 68 valence electrons. The third-order valence-electron chi connectivity index (χ3n) is 1.81. The summed E-state index contributed by atoms with van der Waals surface area (Å²) in [5.41, 5.74) is 1.00. The van der Waals surface area contributed by atoms with Crippen LogP contribution in [0.5, 0.6) is 0 Å². The lowest BCUT2D eigenvalue weighted by molar-refractivity contribution is 0.327. The minimum Gasteiger partial charge on any atom is -0.482 e. The Bertz CT molecular complexity index is 293. The fourth-order valence-corrected chi connectivity index (χ4v) is 1.59. The molecule has 1 aromatic rings. The van der Waals surface area contributed by atoms with Crippen molar-refractivity contribution in [2.45, 2.75) is 5.25 Å². The van der Waals surface area contributed by atoms with Crippen LogP contribution in [0.15, 0.2) is 30.3 Å². The number of hydrogen-bond acceptors (Lipinski definition) is 3. The molecule has 0 spiro atoms. The molecule has 0 bridgehead atoms. The van der Waals surface area contributed by atoms with E-state index in [0.29, 0.717) is 10.3 Å². The molecule has 0 aromatic heterocycles. The van der Waals surface area contributed by atoms with Crippen LogP contribution >= 0.6 is 24.0 Å². The van der Waals surface area contributed by atoms with Gasteiger partial charge in [-0.2, -0.15) is 11.8 Å². The van der Waals surface area contributed by atoms with Crippen molar-refractivity contribution in [2.24, 2.45) is 0 Å². The molecular weight excluding hydrogens is 200 g/mol. The minimum atomic E-state index is 0.619. The van der Waals surface area contributed by atoms with E-state index < -0.39 is 0 Å². The van der Waals surface area contributed by atoms with Crippen LogP contribution in [0.1, 0.15) is 5.56 Å². The van der Waals surface area contributed by atoms with Gasteiger partial charge in [0.05, 0.1) is 0 Å². The van der Waals surface area contributed by atoms with Crippen LogP contribution in [-0.4, -0.2) is 22.7 Å². The number of thioether (sulfide) groups is 1. The highest BCUT2D eigenvalue weighted by molar-refractivity contribution is 8.06. The lowest BCUT2D eigenvalue weighted by Crippen LogP contribution is -2.07. The SMILES string of the molecule is S=C(OC[C@H]1CS1)c1ccccc1. The zero-order chi connectivity index (χ0) is 9.10. The Morgan fingerprint density at radius 2 is 2.15 bits per heavy atom. The standard InChI is InChI=1S/C10H10OS2/c12-10(11-6-9-7-13-9)8-4-2-1-3-5-8/h1-5,9H,6-7H2/t9-/m0/s1. The minimum absolute atomic E-state index is 0.619. The van der Waals surface area contributed by atoms with Crippen molar-refractivity contribution in [1.29, 1.82) is 0 Å². The van der Waals surface area contributed by atoms with Gasteiger partial charge in [-0.1, -0.05) is 30.3 Å². The van der Waals surface area contributed by atoms with Gasteiger partial charge in [0.15, 0.2) is 5.05 Å². The molecule has 0 N–H and O–H groups in total. The molecule has 1 atom stereocenters. The van der Waals surface area contributed by atoms with Gasteiger partial charge in [-0.25, -0.2) is 0 Å². The van der Waals surface area contributed by atoms with Crippen molar-refractivity contribution < 1.29 is 4.74 Å². The average Bonchev–Trinajstić information content (AvgIpc) is 2.99. The summed E-state index contributed by atoms with van der Waals surface area (Å²) in [6.07, 6.45) is 0. The van der Waals surface area contributed by atoms with Crippen LogP contribution in [0.4, 0.5) is 0 Å². The van der Waals surface area contributed by atoms with Gasteiger partial charge in [-0.05, 0) is 12.2 Å². The predicted molar refractivity (Wildman–Crippen MR) is 60.3 cm³/mol. The Morgan fingerprint density at radius 1 is 1.46 bits per heavy atom. The predicted octanol–water partition coefficient (Wildman–Crippen LogP) is 2.49. The topological polar surface area (TPSA) is 9.23 Å². The summed E-state index contributed by atoms with van der Waals surface area (Å²) in [6, 6.07) is 9.86. The Morgan fingerprint density at radius 3 is 2.77 bits per heavy atom. The molecule has 1 aliphatic heterocycles. The van der Waals surface area contributed by atoms with E-state index in [9.17, 15) is 0 Å². The van der Waals surface area contributed by atoms with E-state index in [4.69, 9.17) is 17.0 Å². The lowest BCUT2D eigenvalue weighted by Gasteiger charge is -2.05. The first-order valence-electron chi connectivity index (χ1n) is 4.20. The van der Waals surface area contributed by atoms with Gasteiger partial charge < -0.3 is 4.74 Å². The lowest BCUT2D eigenvalue weighted by atomic mass is 10.2. The molecule has 1 saturated heterocycles. The largest absolute Gasteiger partial charge is 0.482 e. The van der Waals surface area contributed by atoms with E-state index in [1.165, 1.54) is 5.75 Å². The second-order valence-electron chi connectivity index (χ2n) is 2.92. The number of rotatable bonds is 3. The molecule has 1 fully saturated rings. The number of thiocarbonyl (C=S) groups is 1. The Kier molecular flexibility index (Phi) is 2.86. The summed E-state index contributed by atoms with van der Waals surface area (Å²) in [4.78, 5) is 0. The van der Waals surface area contributed by atoms with Crippen LogP contribution < -0.4 is 0 Å². The van der Waals surface area contributed by atoms with E-state index in [1.807, 2.05) is 42.1 Å². The third kappa shape index (κ3) is 2.71. The molecule has 1 aromatic carbocycles. The van der Waals surface area contributed by atoms with E-state index in [2.05, 4.69) is 0 Å². The zero-order valence-electron chi connectivity index (χ0n) is 7.10. The third-order valence-corrected chi connectivity index (χ3v) is 3.11. The molecule has 3 heteroatoms. The summed E-state index contributed by atoms with van der Waals surface area (Å²) in [6.45, 7) is 0.762. The Balaban J connectivity index is 1.89. The van der Waals surface area contributed by atoms with Crippen LogP contribution in [-0.2, 0) is 4.74 Å². The fraction of sp³-hybridized carbons (Fsp3) is 0.300. The average molecular weight is 210 g/mol. The van der Waals surface area contributed by atoms with Crippen molar-refractivity contribution in [1.82, 2.24) is 0 Å². The van der Waals surface area contributed by atoms with Crippen LogP contribution in [0, 0.1) is 0 Å². The van der Waals surface area contributed by atoms with Crippen molar-refractivity contribution in [3.63, 3.8) is 0 Å². The zero-order valence-corrected chi connectivity index (χ0v) is 8.74. The molecule has 1 nitrogen and oxygen atoms in total. The highest BCUT2D eigenvalue weighted by atomic mass is 32.2. The quantitative estimate of drug-likeness (QED) is 0.560. The first kappa shape index (κ1) is 9.03. The monoisotopic (exact) mass is 210 g/mol. The molecule has 2 rings (SSSR count). The molecular formula is C10H10OS2. The summed E-state index contributed by atoms with van der Waals surface area (Å²) in [5, 5.41) is 1.30. The van der Waals surface area contributed by atoms with Crippen molar-refractivity contribution in [2.75, 3.05) is 12.4 Å². The molecule has 1 aliphatic rings.